The number of alkyl halides is 3. The van der Waals surface area contributed by atoms with Crippen LogP contribution in [0.2, 0.25) is 0 Å². The molecule has 29 heavy (non-hydrogen) atoms. The van der Waals surface area contributed by atoms with Gasteiger partial charge >= 0.3 is 6.18 Å². The van der Waals surface area contributed by atoms with Crippen LogP contribution in [0.4, 0.5) is 13.2 Å². The smallest absolute Gasteiger partial charge is 0.330 e. The molecule has 1 amide bonds. The van der Waals surface area contributed by atoms with E-state index in [0.29, 0.717) is 36.3 Å². The van der Waals surface area contributed by atoms with Gasteiger partial charge in [0.25, 0.3) is 5.91 Å². The summed E-state index contributed by atoms with van der Waals surface area (Å²) in [5, 5.41) is 4.23. The number of aromatic nitrogens is 4. The summed E-state index contributed by atoms with van der Waals surface area (Å²) >= 11 is 0. The summed E-state index contributed by atoms with van der Waals surface area (Å²) in [6.07, 6.45) is 1.26. The number of carbonyl (C=O) groups is 1. The van der Waals surface area contributed by atoms with Gasteiger partial charge in [-0.2, -0.15) is 18.3 Å². The maximum absolute atomic E-state index is 13.6. The third kappa shape index (κ3) is 3.68. The number of aryl methyl sites for hydroxylation is 1. The largest absolute Gasteiger partial charge is 0.433 e. The lowest BCUT2D eigenvalue weighted by atomic mass is 9.98. The highest BCUT2D eigenvalue weighted by atomic mass is 19.4. The average Bonchev–Trinajstić information content (AvgIpc) is 3.16. The zero-order chi connectivity index (χ0) is 20.6. The van der Waals surface area contributed by atoms with Crippen LogP contribution in [-0.2, 0) is 12.6 Å². The monoisotopic (exact) mass is 403 g/mol. The number of fused-ring (bicyclic) bond motifs is 1. The summed E-state index contributed by atoms with van der Waals surface area (Å²) in [5.74, 6) is -0.196. The number of hydrogen-bond donors (Lipinski definition) is 0. The molecule has 1 fully saturated rings. The SMILES string of the molecule is CCc1cc(C(F)(F)F)n2nc([C@@H]3CCCCN3C(=O)c3cccnc3)cc2n1. The Morgan fingerprint density at radius 3 is 2.79 bits per heavy atom. The van der Waals surface area contributed by atoms with Crippen molar-refractivity contribution >= 4 is 11.6 Å². The van der Waals surface area contributed by atoms with Gasteiger partial charge in [-0.15, -0.1) is 0 Å². The van der Waals surface area contributed by atoms with Gasteiger partial charge in [0.05, 0.1) is 17.3 Å². The zero-order valence-electron chi connectivity index (χ0n) is 15.9. The second-order valence-corrected chi connectivity index (χ2v) is 7.08. The van der Waals surface area contributed by atoms with Gasteiger partial charge in [0.2, 0.25) is 0 Å². The summed E-state index contributed by atoms with van der Waals surface area (Å²) in [5.41, 5.74) is 0.513. The van der Waals surface area contributed by atoms with Crippen molar-refractivity contribution in [3.05, 3.63) is 59.3 Å². The number of piperidine rings is 1. The lowest BCUT2D eigenvalue weighted by molar-refractivity contribution is -0.142. The Morgan fingerprint density at radius 1 is 1.28 bits per heavy atom. The fourth-order valence-electron chi connectivity index (χ4n) is 3.73. The quantitative estimate of drug-likeness (QED) is 0.661. The number of likely N-dealkylation sites (tertiary alicyclic amines) is 1. The first-order chi connectivity index (χ1) is 13.9. The molecule has 0 saturated carbocycles. The highest BCUT2D eigenvalue weighted by molar-refractivity contribution is 5.94. The Hall–Kier alpha value is -2.97. The lowest BCUT2D eigenvalue weighted by Gasteiger charge is -2.34. The maximum Gasteiger partial charge on any atom is 0.433 e. The summed E-state index contributed by atoms with van der Waals surface area (Å²) in [7, 11) is 0. The maximum atomic E-state index is 13.6. The third-order valence-corrected chi connectivity index (χ3v) is 5.17. The summed E-state index contributed by atoms with van der Waals surface area (Å²) in [4.78, 5) is 22.9. The molecule has 4 rings (SSSR count). The van der Waals surface area contributed by atoms with Gasteiger partial charge in [0.15, 0.2) is 5.65 Å². The summed E-state index contributed by atoms with van der Waals surface area (Å²) in [6.45, 7) is 2.28. The molecular weight excluding hydrogens is 383 g/mol. The van der Waals surface area contributed by atoms with Crippen molar-refractivity contribution in [1.29, 1.82) is 0 Å². The minimum Gasteiger partial charge on any atom is -0.330 e. The molecule has 1 aliphatic rings. The predicted molar refractivity (Wildman–Crippen MR) is 99.2 cm³/mol. The molecule has 4 heterocycles. The minimum atomic E-state index is -4.55. The van der Waals surface area contributed by atoms with Gasteiger partial charge in [0.1, 0.15) is 5.69 Å². The Balaban J connectivity index is 1.77. The number of pyridine rings is 1. The topological polar surface area (TPSA) is 63.4 Å². The van der Waals surface area contributed by atoms with E-state index in [4.69, 9.17) is 0 Å². The van der Waals surface area contributed by atoms with Gasteiger partial charge in [-0.05, 0) is 43.9 Å². The predicted octanol–water partition coefficient (Wildman–Crippen LogP) is 4.07. The van der Waals surface area contributed by atoms with Crippen molar-refractivity contribution in [2.45, 2.75) is 44.8 Å². The van der Waals surface area contributed by atoms with E-state index in [-0.39, 0.29) is 11.6 Å². The van der Waals surface area contributed by atoms with Crippen molar-refractivity contribution < 1.29 is 18.0 Å². The molecule has 0 bridgehead atoms. The number of amides is 1. The number of hydrogen-bond acceptors (Lipinski definition) is 4. The first kappa shape index (κ1) is 19.4. The highest BCUT2D eigenvalue weighted by Crippen LogP contribution is 2.34. The van der Waals surface area contributed by atoms with Crippen LogP contribution in [0.25, 0.3) is 5.65 Å². The first-order valence-electron chi connectivity index (χ1n) is 9.56. The van der Waals surface area contributed by atoms with Crippen LogP contribution < -0.4 is 0 Å². The van der Waals surface area contributed by atoms with E-state index in [1.165, 1.54) is 6.20 Å². The van der Waals surface area contributed by atoms with Crippen molar-refractivity contribution in [1.82, 2.24) is 24.5 Å². The molecule has 1 aliphatic heterocycles. The molecule has 1 saturated heterocycles. The zero-order valence-corrected chi connectivity index (χ0v) is 15.9. The van der Waals surface area contributed by atoms with Gasteiger partial charge in [-0.1, -0.05) is 6.92 Å². The van der Waals surface area contributed by atoms with Crippen molar-refractivity contribution in [2.24, 2.45) is 0 Å². The lowest BCUT2D eigenvalue weighted by Crippen LogP contribution is -2.38. The molecule has 0 radical (unpaired) electrons. The van der Waals surface area contributed by atoms with Crippen LogP contribution in [0.15, 0.2) is 36.7 Å². The molecular formula is C20H20F3N5O. The Bertz CT molecular complexity index is 1030. The molecule has 0 aromatic carbocycles. The minimum absolute atomic E-state index is 0.144. The molecule has 0 aliphatic carbocycles. The first-order valence-corrected chi connectivity index (χ1v) is 9.56. The van der Waals surface area contributed by atoms with Crippen LogP contribution in [0.5, 0.6) is 0 Å². The van der Waals surface area contributed by atoms with Crippen LogP contribution in [0.3, 0.4) is 0 Å². The standard InChI is InChI=1S/C20H20F3N5O/c1-2-14-10-17(20(21,22)23)28-18(25-14)11-15(26-28)16-7-3-4-9-27(16)19(29)13-6-5-8-24-12-13/h5-6,8,10-12,16H,2-4,7,9H2,1H3/t16-/m0/s1. The van der Waals surface area contributed by atoms with Crippen molar-refractivity contribution in [3.8, 4) is 0 Å². The summed E-state index contributed by atoms with van der Waals surface area (Å²) < 4.78 is 41.5. The van der Waals surface area contributed by atoms with Crippen molar-refractivity contribution in [3.63, 3.8) is 0 Å². The molecule has 6 nitrogen and oxygen atoms in total. The van der Waals surface area contributed by atoms with Gasteiger partial charge < -0.3 is 4.90 Å². The second-order valence-electron chi connectivity index (χ2n) is 7.08. The molecule has 0 spiro atoms. The van der Waals surface area contributed by atoms with Crippen LogP contribution in [0.1, 0.15) is 59.7 Å². The molecule has 0 N–H and O–H groups in total. The number of rotatable bonds is 3. The van der Waals surface area contributed by atoms with E-state index in [1.807, 2.05) is 0 Å². The van der Waals surface area contributed by atoms with Crippen molar-refractivity contribution in [2.75, 3.05) is 6.54 Å². The second kappa shape index (κ2) is 7.46. The Kier molecular flexibility index (Phi) is 4.97. The van der Waals surface area contributed by atoms with E-state index in [0.717, 1.165) is 23.4 Å². The fraction of sp³-hybridized carbons (Fsp3) is 0.400. The Morgan fingerprint density at radius 2 is 2.10 bits per heavy atom. The molecule has 3 aromatic heterocycles. The normalized spacial score (nSPS) is 17.7. The number of nitrogens with zero attached hydrogens (tertiary/aromatic N) is 5. The van der Waals surface area contributed by atoms with Crippen LogP contribution in [0, 0.1) is 0 Å². The van der Waals surface area contributed by atoms with Crippen LogP contribution >= 0.6 is 0 Å². The van der Waals surface area contributed by atoms with E-state index in [2.05, 4.69) is 15.1 Å². The fourth-order valence-corrected chi connectivity index (χ4v) is 3.73. The van der Waals surface area contributed by atoms with E-state index >= 15 is 0 Å². The third-order valence-electron chi connectivity index (χ3n) is 5.17. The summed E-state index contributed by atoms with van der Waals surface area (Å²) in [6, 6.07) is 5.56. The van der Waals surface area contributed by atoms with Crippen LogP contribution in [-0.4, -0.2) is 36.9 Å². The average molecular weight is 403 g/mol. The van der Waals surface area contributed by atoms with Gasteiger partial charge in [-0.3, -0.25) is 9.78 Å². The number of carbonyl (C=O) groups excluding carboxylic acids is 1. The Labute approximate surface area is 165 Å². The molecule has 152 valence electrons. The molecule has 0 unspecified atom stereocenters. The van der Waals surface area contributed by atoms with Gasteiger partial charge in [-0.25, -0.2) is 9.50 Å². The molecule has 9 heteroatoms. The van der Waals surface area contributed by atoms with Gasteiger partial charge in [0, 0.05) is 30.7 Å². The van der Waals surface area contributed by atoms with E-state index < -0.39 is 17.9 Å². The molecule has 3 aromatic rings. The van der Waals surface area contributed by atoms with E-state index in [1.54, 1.807) is 36.2 Å². The highest BCUT2D eigenvalue weighted by Gasteiger charge is 2.36. The molecule has 1 atom stereocenters. The van der Waals surface area contributed by atoms with E-state index in [9.17, 15) is 18.0 Å². The number of halogens is 3.